The molecular weight excluding hydrogens is 278 g/mol. The lowest BCUT2D eigenvalue weighted by Crippen LogP contribution is -2.29. The molecule has 4 heteroatoms. The van der Waals surface area contributed by atoms with E-state index in [-0.39, 0.29) is 11.8 Å². The Kier molecular flexibility index (Phi) is 3.92. The predicted octanol–water partition coefficient (Wildman–Crippen LogP) is 3.67. The molecule has 1 aliphatic rings. The third kappa shape index (κ3) is 2.37. The van der Waals surface area contributed by atoms with E-state index in [2.05, 4.69) is 6.92 Å². The fourth-order valence-corrected chi connectivity index (χ4v) is 2.50. The van der Waals surface area contributed by atoms with Crippen LogP contribution in [0.1, 0.15) is 40.5 Å². The van der Waals surface area contributed by atoms with Gasteiger partial charge in [-0.2, -0.15) is 0 Å². The molecule has 1 heterocycles. The maximum atomic E-state index is 12.5. The molecule has 0 radical (unpaired) electrons. The van der Waals surface area contributed by atoms with E-state index in [0.29, 0.717) is 29.2 Å². The van der Waals surface area contributed by atoms with Gasteiger partial charge in [-0.25, -0.2) is 4.90 Å². The number of para-hydroxylation sites is 2. The molecule has 0 unspecified atom stereocenters. The van der Waals surface area contributed by atoms with Gasteiger partial charge in [0.25, 0.3) is 11.8 Å². The van der Waals surface area contributed by atoms with Gasteiger partial charge in [0.05, 0.1) is 23.4 Å². The standard InChI is InChI=1S/C18H17NO3/c1-2-3-12-22-16-11-7-6-10-15(16)19-17(20)13-8-4-5-9-14(13)18(19)21/h4-11H,2-3,12H2,1H3. The van der Waals surface area contributed by atoms with E-state index in [1.165, 1.54) is 4.90 Å². The first kappa shape index (κ1) is 14.3. The van der Waals surface area contributed by atoms with Crippen molar-refractivity contribution >= 4 is 17.5 Å². The number of hydrogen-bond donors (Lipinski definition) is 0. The molecular formula is C18H17NO3. The zero-order valence-electron chi connectivity index (χ0n) is 12.4. The van der Waals surface area contributed by atoms with Crippen molar-refractivity contribution in [1.82, 2.24) is 0 Å². The number of nitrogens with zero attached hydrogens (tertiary/aromatic N) is 1. The fourth-order valence-electron chi connectivity index (χ4n) is 2.50. The average Bonchev–Trinajstić information content (AvgIpc) is 2.80. The molecule has 2 aromatic rings. The minimum Gasteiger partial charge on any atom is -0.491 e. The van der Waals surface area contributed by atoms with Crippen LogP contribution in [0.5, 0.6) is 5.75 Å². The second kappa shape index (κ2) is 6.02. The molecule has 0 aliphatic carbocycles. The summed E-state index contributed by atoms with van der Waals surface area (Å²) in [7, 11) is 0. The van der Waals surface area contributed by atoms with E-state index in [1.807, 2.05) is 6.07 Å². The number of carbonyl (C=O) groups is 2. The Balaban J connectivity index is 1.96. The number of rotatable bonds is 5. The Labute approximate surface area is 129 Å². The molecule has 2 amide bonds. The van der Waals surface area contributed by atoms with Crippen LogP contribution < -0.4 is 9.64 Å². The molecule has 0 aromatic heterocycles. The fraction of sp³-hybridized carbons (Fsp3) is 0.222. The summed E-state index contributed by atoms with van der Waals surface area (Å²) in [6.45, 7) is 2.65. The zero-order valence-corrected chi connectivity index (χ0v) is 12.4. The SMILES string of the molecule is CCCCOc1ccccc1N1C(=O)c2ccccc2C1=O. The van der Waals surface area contributed by atoms with Gasteiger partial charge in [-0.15, -0.1) is 0 Å². The van der Waals surface area contributed by atoms with E-state index >= 15 is 0 Å². The number of anilines is 1. The van der Waals surface area contributed by atoms with Crippen molar-refractivity contribution < 1.29 is 14.3 Å². The van der Waals surface area contributed by atoms with Crippen LogP contribution in [-0.4, -0.2) is 18.4 Å². The molecule has 1 aliphatic heterocycles. The minimum absolute atomic E-state index is 0.299. The topological polar surface area (TPSA) is 46.6 Å². The Hall–Kier alpha value is -2.62. The van der Waals surface area contributed by atoms with Gasteiger partial charge in [0.15, 0.2) is 0 Å². The van der Waals surface area contributed by atoms with Gasteiger partial charge >= 0.3 is 0 Å². The number of fused-ring (bicyclic) bond motifs is 1. The Morgan fingerprint density at radius 3 is 2.14 bits per heavy atom. The Morgan fingerprint density at radius 1 is 0.909 bits per heavy atom. The number of benzene rings is 2. The third-order valence-corrected chi connectivity index (χ3v) is 3.66. The summed E-state index contributed by atoms with van der Waals surface area (Å²) in [6.07, 6.45) is 1.95. The Morgan fingerprint density at radius 2 is 1.50 bits per heavy atom. The van der Waals surface area contributed by atoms with Crippen LogP contribution in [0.25, 0.3) is 0 Å². The lowest BCUT2D eigenvalue weighted by atomic mass is 10.1. The van der Waals surface area contributed by atoms with Crippen LogP contribution in [0.15, 0.2) is 48.5 Å². The van der Waals surface area contributed by atoms with E-state index in [9.17, 15) is 9.59 Å². The maximum absolute atomic E-state index is 12.5. The number of amides is 2. The van der Waals surface area contributed by atoms with Crippen molar-refractivity contribution in [2.75, 3.05) is 11.5 Å². The van der Waals surface area contributed by atoms with Gasteiger partial charge in [-0.1, -0.05) is 37.6 Å². The summed E-state index contributed by atoms with van der Waals surface area (Å²) < 4.78 is 5.74. The molecule has 0 N–H and O–H groups in total. The monoisotopic (exact) mass is 295 g/mol. The van der Waals surface area contributed by atoms with E-state index < -0.39 is 0 Å². The number of ether oxygens (including phenoxy) is 1. The number of unbranched alkanes of at least 4 members (excludes halogenated alkanes) is 1. The number of carbonyl (C=O) groups excluding carboxylic acids is 2. The van der Waals surface area contributed by atoms with Crippen molar-refractivity contribution in [2.24, 2.45) is 0 Å². The second-order valence-electron chi connectivity index (χ2n) is 5.16. The van der Waals surface area contributed by atoms with Crippen LogP contribution in [0.4, 0.5) is 5.69 Å². The summed E-state index contributed by atoms with van der Waals surface area (Å²) in [4.78, 5) is 26.3. The van der Waals surface area contributed by atoms with Crippen molar-refractivity contribution in [3.05, 3.63) is 59.7 Å². The summed E-state index contributed by atoms with van der Waals surface area (Å²) in [6, 6.07) is 14.0. The Bertz CT molecular complexity index is 689. The maximum Gasteiger partial charge on any atom is 0.266 e. The molecule has 0 fully saturated rings. The van der Waals surface area contributed by atoms with Crippen molar-refractivity contribution in [3.63, 3.8) is 0 Å². The van der Waals surface area contributed by atoms with Gasteiger partial charge in [0.2, 0.25) is 0 Å². The highest BCUT2D eigenvalue weighted by Crippen LogP contribution is 2.34. The van der Waals surface area contributed by atoms with Crippen LogP contribution in [0, 0.1) is 0 Å². The highest BCUT2D eigenvalue weighted by molar-refractivity contribution is 6.34. The molecule has 4 nitrogen and oxygen atoms in total. The number of imide groups is 1. The second-order valence-corrected chi connectivity index (χ2v) is 5.16. The van der Waals surface area contributed by atoms with Gasteiger partial charge < -0.3 is 4.74 Å². The highest BCUT2D eigenvalue weighted by atomic mass is 16.5. The smallest absolute Gasteiger partial charge is 0.266 e. The molecule has 112 valence electrons. The highest BCUT2D eigenvalue weighted by Gasteiger charge is 2.37. The molecule has 2 aromatic carbocycles. The van der Waals surface area contributed by atoms with Crippen molar-refractivity contribution in [2.45, 2.75) is 19.8 Å². The molecule has 3 rings (SSSR count). The first-order valence-corrected chi connectivity index (χ1v) is 7.43. The molecule has 22 heavy (non-hydrogen) atoms. The van der Waals surface area contributed by atoms with Gasteiger partial charge in [0, 0.05) is 0 Å². The molecule has 0 saturated heterocycles. The molecule has 0 bridgehead atoms. The van der Waals surface area contributed by atoms with Crippen LogP contribution >= 0.6 is 0 Å². The van der Waals surface area contributed by atoms with Gasteiger partial charge in [0.1, 0.15) is 5.75 Å². The lowest BCUT2D eigenvalue weighted by Gasteiger charge is -2.18. The number of hydrogen-bond acceptors (Lipinski definition) is 3. The predicted molar refractivity (Wildman–Crippen MR) is 84.4 cm³/mol. The van der Waals surface area contributed by atoms with Crippen LogP contribution in [0.2, 0.25) is 0 Å². The lowest BCUT2D eigenvalue weighted by molar-refractivity contribution is 0.0925. The molecule has 0 spiro atoms. The van der Waals surface area contributed by atoms with E-state index in [1.54, 1.807) is 42.5 Å². The third-order valence-electron chi connectivity index (χ3n) is 3.66. The normalized spacial score (nSPS) is 13.4. The quantitative estimate of drug-likeness (QED) is 0.624. The summed E-state index contributed by atoms with van der Waals surface area (Å²) in [5.41, 5.74) is 1.39. The van der Waals surface area contributed by atoms with Gasteiger partial charge in [-0.3, -0.25) is 9.59 Å². The van der Waals surface area contributed by atoms with Crippen molar-refractivity contribution in [1.29, 1.82) is 0 Å². The summed E-state index contributed by atoms with van der Waals surface area (Å²) in [5.74, 6) is -0.0373. The van der Waals surface area contributed by atoms with Gasteiger partial charge in [-0.05, 0) is 30.7 Å². The molecule has 0 atom stereocenters. The average molecular weight is 295 g/mol. The first-order chi connectivity index (χ1) is 10.7. The zero-order chi connectivity index (χ0) is 15.5. The first-order valence-electron chi connectivity index (χ1n) is 7.43. The van der Waals surface area contributed by atoms with E-state index in [0.717, 1.165) is 12.8 Å². The minimum atomic E-state index is -0.299. The van der Waals surface area contributed by atoms with Crippen molar-refractivity contribution in [3.8, 4) is 5.75 Å². The summed E-state index contributed by atoms with van der Waals surface area (Å²) in [5, 5.41) is 0. The van der Waals surface area contributed by atoms with Crippen LogP contribution in [0.3, 0.4) is 0 Å². The summed E-state index contributed by atoms with van der Waals surface area (Å²) >= 11 is 0. The largest absolute Gasteiger partial charge is 0.491 e. The molecule has 0 saturated carbocycles. The van der Waals surface area contributed by atoms with Crippen LogP contribution in [-0.2, 0) is 0 Å². The van der Waals surface area contributed by atoms with E-state index in [4.69, 9.17) is 4.74 Å².